The maximum absolute atomic E-state index is 12.1. The maximum Gasteiger partial charge on any atom is 0.276 e. The molecule has 1 aliphatic rings. The Morgan fingerprint density at radius 3 is 2.43 bits per heavy atom. The first-order valence-corrected chi connectivity index (χ1v) is 9.61. The smallest absolute Gasteiger partial charge is 0.276 e. The third-order valence-corrected chi connectivity index (χ3v) is 5.07. The Balaban J connectivity index is 1.43. The number of carbonyl (C=O) groups excluding carboxylic acids is 3. The monoisotopic (exact) mass is 445 g/mol. The van der Waals surface area contributed by atoms with E-state index < -0.39 is 11.8 Å². The second kappa shape index (κ2) is 8.88. The van der Waals surface area contributed by atoms with Crippen LogP contribution < -0.4 is 20.9 Å². The van der Waals surface area contributed by atoms with Crippen molar-refractivity contribution in [3.8, 4) is 5.75 Å². The van der Waals surface area contributed by atoms with Crippen LogP contribution in [0, 0.1) is 12.8 Å². The van der Waals surface area contributed by atoms with Crippen molar-refractivity contribution in [1.29, 1.82) is 0 Å². The molecule has 2 aromatic carbocycles. The van der Waals surface area contributed by atoms with Gasteiger partial charge in [-0.1, -0.05) is 15.9 Å². The molecule has 3 amide bonds. The standard InChI is InChI=1S/C20H20BrN3O4/c1-12-10-16(8-9-17(12)21)28-11-18(25)23-24-20(27)14-4-6-15(7-5-14)22-19(26)13-2-3-13/h4-10,13H,2-3,11H2,1H3,(H,22,26)(H,23,25)(H,24,27). The van der Waals surface area contributed by atoms with Crippen molar-refractivity contribution in [2.45, 2.75) is 19.8 Å². The van der Waals surface area contributed by atoms with E-state index in [1.807, 2.05) is 13.0 Å². The molecule has 1 saturated carbocycles. The van der Waals surface area contributed by atoms with Crippen LogP contribution in [0.5, 0.6) is 5.75 Å². The Hall–Kier alpha value is -2.87. The van der Waals surface area contributed by atoms with Gasteiger partial charge in [0.2, 0.25) is 5.91 Å². The van der Waals surface area contributed by atoms with E-state index in [1.165, 1.54) is 0 Å². The van der Waals surface area contributed by atoms with E-state index in [2.05, 4.69) is 32.1 Å². The minimum atomic E-state index is -0.484. The minimum Gasteiger partial charge on any atom is -0.484 e. The zero-order valence-electron chi connectivity index (χ0n) is 15.3. The molecule has 0 aliphatic heterocycles. The van der Waals surface area contributed by atoms with E-state index >= 15 is 0 Å². The molecule has 0 unspecified atom stereocenters. The summed E-state index contributed by atoms with van der Waals surface area (Å²) < 4.78 is 6.35. The predicted molar refractivity (Wildman–Crippen MR) is 108 cm³/mol. The van der Waals surface area contributed by atoms with E-state index in [0.717, 1.165) is 22.9 Å². The summed E-state index contributed by atoms with van der Waals surface area (Å²) in [6.07, 6.45) is 1.86. The van der Waals surface area contributed by atoms with Gasteiger partial charge in [0.25, 0.3) is 11.8 Å². The highest BCUT2D eigenvalue weighted by Crippen LogP contribution is 2.30. The van der Waals surface area contributed by atoms with Gasteiger partial charge in [0.1, 0.15) is 5.75 Å². The van der Waals surface area contributed by atoms with Gasteiger partial charge < -0.3 is 10.1 Å². The van der Waals surface area contributed by atoms with Crippen LogP contribution in [0.1, 0.15) is 28.8 Å². The summed E-state index contributed by atoms with van der Waals surface area (Å²) >= 11 is 3.39. The largest absolute Gasteiger partial charge is 0.484 e. The molecular weight excluding hydrogens is 426 g/mol. The highest BCUT2D eigenvalue weighted by atomic mass is 79.9. The van der Waals surface area contributed by atoms with Crippen molar-refractivity contribution >= 4 is 39.3 Å². The average Bonchev–Trinajstić information content (AvgIpc) is 3.53. The number of aryl methyl sites for hydroxylation is 1. The van der Waals surface area contributed by atoms with Crippen LogP contribution in [0.15, 0.2) is 46.9 Å². The van der Waals surface area contributed by atoms with Crippen LogP contribution in [-0.4, -0.2) is 24.3 Å². The van der Waals surface area contributed by atoms with E-state index in [9.17, 15) is 14.4 Å². The fraction of sp³-hybridized carbons (Fsp3) is 0.250. The van der Waals surface area contributed by atoms with Gasteiger partial charge in [-0.05, 0) is 67.8 Å². The Labute approximate surface area is 170 Å². The zero-order valence-corrected chi connectivity index (χ0v) is 16.8. The summed E-state index contributed by atoms with van der Waals surface area (Å²) in [5.41, 5.74) is 6.61. The van der Waals surface area contributed by atoms with Gasteiger partial charge in [-0.15, -0.1) is 0 Å². The molecule has 0 aromatic heterocycles. The Kier molecular flexibility index (Phi) is 6.30. The summed E-state index contributed by atoms with van der Waals surface area (Å²) in [5.74, 6) is -0.270. The lowest BCUT2D eigenvalue weighted by molar-refractivity contribution is -0.123. The van der Waals surface area contributed by atoms with Gasteiger partial charge >= 0.3 is 0 Å². The summed E-state index contributed by atoms with van der Waals surface area (Å²) in [5, 5.41) is 2.80. The fourth-order valence-corrected chi connectivity index (χ4v) is 2.63. The van der Waals surface area contributed by atoms with Crippen LogP contribution in [0.2, 0.25) is 0 Å². The predicted octanol–water partition coefficient (Wildman–Crippen LogP) is 2.95. The average molecular weight is 446 g/mol. The van der Waals surface area contributed by atoms with Crippen LogP contribution in [-0.2, 0) is 9.59 Å². The number of nitrogens with one attached hydrogen (secondary N) is 3. The highest BCUT2D eigenvalue weighted by molar-refractivity contribution is 9.10. The van der Waals surface area contributed by atoms with E-state index in [4.69, 9.17) is 4.74 Å². The number of hydrogen-bond donors (Lipinski definition) is 3. The van der Waals surface area contributed by atoms with E-state index in [1.54, 1.807) is 36.4 Å². The molecule has 0 saturated heterocycles. The summed E-state index contributed by atoms with van der Waals surface area (Å²) in [6.45, 7) is 1.69. The molecular formula is C20H20BrN3O4. The van der Waals surface area contributed by atoms with Crippen molar-refractivity contribution in [3.63, 3.8) is 0 Å². The molecule has 3 N–H and O–H groups in total. The molecule has 1 fully saturated rings. The van der Waals surface area contributed by atoms with Crippen molar-refractivity contribution in [3.05, 3.63) is 58.1 Å². The quantitative estimate of drug-likeness (QED) is 0.595. The molecule has 8 heteroatoms. The number of rotatable bonds is 6. The molecule has 0 bridgehead atoms. The molecule has 7 nitrogen and oxygen atoms in total. The van der Waals surface area contributed by atoms with Crippen LogP contribution in [0.3, 0.4) is 0 Å². The second-order valence-electron chi connectivity index (χ2n) is 6.54. The van der Waals surface area contributed by atoms with E-state index in [-0.39, 0.29) is 18.4 Å². The molecule has 2 aromatic rings. The summed E-state index contributed by atoms with van der Waals surface area (Å²) in [7, 11) is 0. The lowest BCUT2D eigenvalue weighted by Gasteiger charge is -2.10. The number of anilines is 1. The maximum atomic E-state index is 12.1. The van der Waals surface area contributed by atoms with Gasteiger partial charge in [0.05, 0.1) is 0 Å². The Morgan fingerprint density at radius 2 is 1.79 bits per heavy atom. The second-order valence-corrected chi connectivity index (χ2v) is 7.40. The minimum absolute atomic E-state index is 0.00503. The number of hydrogen-bond acceptors (Lipinski definition) is 4. The summed E-state index contributed by atoms with van der Waals surface area (Å²) in [6, 6.07) is 11.8. The number of carbonyl (C=O) groups is 3. The van der Waals surface area contributed by atoms with Crippen molar-refractivity contribution in [1.82, 2.24) is 10.9 Å². The Bertz CT molecular complexity index is 895. The number of amides is 3. The number of benzene rings is 2. The normalized spacial score (nSPS) is 12.8. The van der Waals surface area contributed by atoms with Crippen LogP contribution in [0.25, 0.3) is 0 Å². The fourth-order valence-electron chi connectivity index (χ4n) is 2.39. The van der Waals surface area contributed by atoms with Crippen molar-refractivity contribution < 1.29 is 19.1 Å². The lowest BCUT2D eigenvalue weighted by atomic mass is 10.2. The molecule has 0 radical (unpaired) electrons. The van der Waals surface area contributed by atoms with Gasteiger partial charge in [0, 0.05) is 21.6 Å². The topological polar surface area (TPSA) is 96.5 Å². The molecule has 3 rings (SSSR count). The Morgan fingerprint density at radius 1 is 1.07 bits per heavy atom. The highest BCUT2D eigenvalue weighted by Gasteiger charge is 2.29. The van der Waals surface area contributed by atoms with Crippen molar-refractivity contribution in [2.24, 2.45) is 5.92 Å². The zero-order chi connectivity index (χ0) is 20.1. The summed E-state index contributed by atoms with van der Waals surface area (Å²) in [4.78, 5) is 35.7. The first-order chi connectivity index (χ1) is 13.4. The van der Waals surface area contributed by atoms with Gasteiger partial charge in [-0.25, -0.2) is 0 Å². The third kappa shape index (κ3) is 5.56. The molecule has 28 heavy (non-hydrogen) atoms. The number of halogens is 1. The van der Waals surface area contributed by atoms with E-state index in [0.29, 0.717) is 17.0 Å². The first-order valence-electron chi connectivity index (χ1n) is 8.81. The number of ether oxygens (including phenoxy) is 1. The van der Waals surface area contributed by atoms with Gasteiger partial charge in [-0.3, -0.25) is 25.2 Å². The molecule has 0 atom stereocenters. The van der Waals surface area contributed by atoms with Crippen molar-refractivity contribution in [2.75, 3.05) is 11.9 Å². The van der Waals surface area contributed by atoms with Gasteiger partial charge in [0.15, 0.2) is 6.61 Å². The first kappa shape index (κ1) is 19.9. The molecule has 0 spiro atoms. The third-order valence-electron chi connectivity index (χ3n) is 4.18. The SMILES string of the molecule is Cc1cc(OCC(=O)NNC(=O)c2ccc(NC(=O)C3CC3)cc2)ccc1Br. The number of hydrazine groups is 1. The molecule has 146 valence electrons. The molecule has 0 heterocycles. The lowest BCUT2D eigenvalue weighted by Crippen LogP contribution is -2.43. The van der Waals surface area contributed by atoms with Gasteiger partial charge in [-0.2, -0.15) is 0 Å². The van der Waals surface area contributed by atoms with Crippen LogP contribution in [0.4, 0.5) is 5.69 Å². The van der Waals surface area contributed by atoms with Crippen LogP contribution >= 0.6 is 15.9 Å². The molecule has 1 aliphatic carbocycles.